The Morgan fingerprint density at radius 3 is 1.41 bits per heavy atom. The van der Waals surface area contributed by atoms with Gasteiger partial charge in [-0.3, -0.25) is 9.35 Å². The molecule has 64 heavy (non-hydrogen) atoms. The van der Waals surface area contributed by atoms with Crippen LogP contribution < -0.4 is 0 Å². The zero-order valence-corrected chi connectivity index (χ0v) is 41.7. The summed E-state index contributed by atoms with van der Waals surface area (Å²) in [6.45, 7) is 4.04. The molecule has 0 spiro atoms. The van der Waals surface area contributed by atoms with Crippen molar-refractivity contribution in [1.82, 2.24) is 0 Å². The van der Waals surface area contributed by atoms with E-state index in [1.807, 2.05) is 0 Å². The smallest absolute Gasteiger partial charge is 0.397 e. The number of allylic oxidation sites excluding steroid dienone is 2. The van der Waals surface area contributed by atoms with E-state index in [-0.39, 0.29) is 19.6 Å². The monoisotopic (exact) mass is 935 g/mol. The SMILES string of the molecule is CCCCCCCCCC/C=C\CCCCCCCCCCCCOCC(COC1OC(CO)C(O)C(OS(=O)(=O)O)C1O)OC(=O)CCCCCCCCCCCCCCCCC. The second-order valence-corrected chi connectivity index (χ2v) is 19.5. The first kappa shape index (κ1) is 60.9. The van der Waals surface area contributed by atoms with E-state index in [9.17, 15) is 33.1 Å². The maximum Gasteiger partial charge on any atom is 0.397 e. The van der Waals surface area contributed by atoms with E-state index in [0.29, 0.717) is 13.0 Å². The molecule has 0 aliphatic carbocycles. The highest BCUT2D eigenvalue weighted by atomic mass is 32.3. The van der Waals surface area contributed by atoms with Crippen molar-refractivity contribution in [2.24, 2.45) is 0 Å². The Balaban J connectivity index is 2.32. The average Bonchev–Trinajstić information content (AvgIpc) is 3.27. The van der Waals surface area contributed by atoms with Gasteiger partial charge in [0.2, 0.25) is 0 Å². The Hall–Kier alpha value is -1.16. The van der Waals surface area contributed by atoms with Crippen molar-refractivity contribution in [3.8, 4) is 0 Å². The van der Waals surface area contributed by atoms with Crippen molar-refractivity contribution in [3.63, 3.8) is 0 Å². The van der Waals surface area contributed by atoms with Crippen LogP contribution in [0.5, 0.6) is 0 Å². The van der Waals surface area contributed by atoms with Crippen molar-refractivity contribution < 1.29 is 56.2 Å². The number of aliphatic hydroxyl groups excluding tert-OH is 3. The molecule has 0 radical (unpaired) electrons. The first-order valence-electron chi connectivity index (χ1n) is 26.4. The summed E-state index contributed by atoms with van der Waals surface area (Å²) in [7, 11) is -5.06. The molecule has 0 saturated carbocycles. The zero-order chi connectivity index (χ0) is 46.8. The van der Waals surface area contributed by atoms with Gasteiger partial charge in [0.1, 0.15) is 30.5 Å². The van der Waals surface area contributed by atoms with Crippen molar-refractivity contribution in [3.05, 3.63) is 12.2 Å². The lowest BCUT2D eigenvalue weighted by Gasteiger charge is -2.41. The zero-order valence-electron chi connectivity index (χ0n) is 40.9. The Labute approximate surface area is 391 Å². The fourth-order valence-corrected chi connectivity index (χ4v) is 8.88. The number of carbonyl (C=O) groups is 1. The van der Waals surface area contributed by atoms with Crippen molar-refractivity contribution in [1.29, 1.82) is 0 Å². The van der Waals surface area contributed by atoms with Crippen LogP contribution in [0.25, 0.3) is 0 Å². The van der Waals surface area contributed by atoms with Gasteiger partial charge in [-0.1, -0.05) is 212 Å². The largest absolute Gasteiger partial charge is 0.457 e. The molecule has 6 atom stereocenters. The standard InChI is InChI=1S/C51H98O12S/c1-3-5-7-9-11-13-15-17-19-20-21-22-23-24-25-27-29-31-33-35-37-39-41-59-43-45(44-60-51-49(55)50(63-64(56,57)58)48(54)46(42-52)62-51)61-47(53)40-38-36-34-32-30-28-26-18-16-14-12-10-8-6-4-2/h20-21,45-46,48-52,54-55H,3-19,22-44H2,1-2H3,(H,56,57,58)/b21-20-. The minimum absolute atomic E-state index is 0.0411. The third-order valence-electron chi connectivity index (χ3n) is 12.4. The van der Waals surface area contributed by atoms with Gasteiger partial charge in [0, 0.05) is 13.0 Å². The van der Waals surface area contributed by atoms with Crippen LogP contribution in [0.3, 0.4) is 0 Å². The summed E-state index contributed by atoms with van der Waals surface area (Å²) in [5, 5.41) is 30.8. The van der Waals surface area contributed by atoms with Gasteiger partial charge < -0.3 is 34.3 Å². The van der Waals surface area contributed by atoms with Crippen LogP contribution in [0.15, 0.2) is 12.2 Å². The minimum Gasteiger partial charge on any atom is -0.457 e. The van der Waals surface area contributed by atoms with E-state index in [1.54, 1.807) is 0 Å². The third kappa shape index (κ3) is 36.0. The van der Waals surface area contributed by atoms with E-state index in [2.05, 4.69) is 30.2 Å². The number of carbonyl (C=O) groups excluding carboxylic acids is 1. The number of aliphatic hydroxyl groups is 3. The van der Waals surface area contributed by atoms with Gasteiger partial charge in [0.15, 0.2) is 6.29 Å². The Morgan fingerprint density at radius 1 is 0.578 bits per heavy atom. The summed E-state index contributed by atoms with van der Waals surface area (Å²) in [6, 6.07) is 0. The van der Waals surface area contributed by atoms with Crippen LogP contribution in [-0.4, -0.2) is 97.5 Å². The molecule has 0 aromatic heterocycles. The maximum absolute atomic E-state index is 12.9. The lowest BCUT2D eigenvalue weighted by molar-refractivity contribution is -0.301. The first-order valence-corrected chi connectivity index (χ1v) is 27.8. The Morgan fingerprint density at radius 2 is 0.984 bits per heavy atom. The van der Waals surface area contributed by atoms with E-state index in [4.69, 9.17) is 18.9 Å². The number of hydrogen-bond donors (Lipinski definition) is 4. The quantitative estimate of drug-likeness (QED) is 0.0197. The molecule has 1 aliphatic rings. The highest BCUT2D eigenvalue weighted by Gasteiger charge is 2.48. The second kappa shape index (κ2) is 43.1. The van der Waals surface area contributed by atoms with Crippen LogP contribution in [0.2, 0.25) is 0 Å². The van der Waals surface area contributed by atoms with Crippen LogP contribution in [0, 0.1) is 0 Å². The number of unbranched alkanes of at least 4 members (excludes halogenated alkanes) is 32. The molecule has 1 fully saturated rings. The summed E-state index contributed by atoms with van der Waals surface area (Å²) in [6.07, 6.45) is 39.6. The molecule has 0 aromatic rings. The second-order valence-electron chi connectivity index (χ2n) is 18.5. The molecular weight excluding hydrogens is 837 g/mol. The van der Waals surface area contributed by atoms with Crippen LogP contribution in [-0.2, 0) is 38.3 Å². The predicted molar refractivity (Wildman–Crippen MR) is 258 cm³/mol. The minimum atomic E-state index is -5.06. The van der Waals surface area contributed by atoms with Crippen molar-refractivity contribution in [2.45, 2.75) is 282 Å². The van der Waals surface area contributed by atoms with Crippen molar-refractivity contribution >= 4 is 16.4 Å². The highest BCUT2D eigenvalue weighted by molar-refractivity contribution is 7.80. The lowest BCUT2D eigenvalue weighted by atomic mass is 9.99. The maximum atomic E-state index is 12.9. The topological polar surface area (TPSA) is 178 Å². The molecule has 380 valence electrons. The van der Waals surface area contributed by atoms with E-state index >= 15 is 0 Å². The summed E-state index contributed by atoms with van der Waals surface area (Å²) in [4.78, 5) is 12.9. The third-order valence-corrected chi connectivity index (χ3v) is 12.9. The van der Waals surface area contributed by atoms with Crippen LogP contribution in [0.4, 0.5) is 0 Å². The number of esters is 1. The molecule has 12 nitrogen and oxygen atoms in total. The molecule has 0 bridgehead atoms. The molecular formula is C51H98O12S. The molecule has 0 aromatic carbocycles. The van der Waals surface area contributed by atoms with E-state index < -0.39 is 59.8 Å². The summed E-state index contributed by atoms with van der Waals surface area (Å²) in [5.41, 5.74) is 0. The summed E-state index contributed by atoms with van der Waals surface area (Å²) in [5.74, 6) is -0.394. The molecule has 6 unspecified atom stereocenters. The molecule has 13 heteroatoms. The van der Waals surface area contributed by atoms with Gasteiger partial charge >= 0.3 is 16.4 Å². The fraction of sp³-hybridized carbons (Fsp3) is 0.941. The molecule has 1 saturated heterocycles. The van der Waals surface area contributed by atoms with Gasteiger partial charge in [0.05, 0.1) is 19.8 Å². The summed E-state index contributed by atoms with van der Waals surface area (Å²) < 4.78 is 59.3. The molecule has 4 N–H and O–H groups in total. The molecule has 1 aliphatic heterocycles. The highest BCUT2D eigenvalue weighted by Crippen LogP contribution is 2.26. The van der Waals surface area contributed by atoms with Crippen LogP contribution >= 0.6 is 0 Å². The van der Waals surface area contributed by atoms with Crippen molar-refractivity contribution in [2.75, 3.05) is 26.4 Å². The lowest BCUT2D eigenvalue weighted by Crippen LogP contribution is -2.60. The molecule has 1 heterocycles. The van der Waals surface area contributed by atoms with E-state index in [0.717, 1.165) is 38.5 Å². The first-order chi connectivity index (χ1) is 31.1. The average molecular weight is 935 g/mol. The Kier molecular flexibility index (Phi) is 41.0. The van der Waals surface area contributed by atoms with Gasteiger partial charge in [-0.15, -0.1) is 0 Å². The van der Waals surface area contributed by atoms with Gasteiger partial charge in [-0.05, 0) is 38.5 Å². The van der Waals surface area contributed by atoms with Gasteiger partial charge in [0.25, 0.3) is 0 Å². The normalized spacial score (nSPS) is 19.8. The van der Waals surface area contributed by atoms with E-state index in [1.165, 1.54) is 180 Å². The molecule has 0 amide bonds. The number of hydrogen-bond acceptors (Lipinski definition) is 11. The van der Waals surface area contributed by atoms with Gasteiger partial charge in [-0.2, -0.15) is 8.42 Å². The fourth-order valence-electron chi connectivity index (χ4n) is 8.38. The molecule has 1 rings (SSSR count). The number of ether oxygens (including phenoxy) is 4. The van der Waals surface area contributed by atoms with Gasteiger partial charge in [-0.25, -0.2) is 4.18 Å². The van der Waals surface area contributed by atoms with Crippen LogP contribution in [0.1, 0.15) is 245 Å². The predicted octanol–water partition coefficient (Wildman–Crippen LogP) is 12.2. The summed E-state index contributed by atoms with van der Waals surface area (Å²) >= 11 is 0. The number of rotatable bonds is 47. The Bertz CT molecular complexity index is 1170.